The summed E-state index contributed by atoms with van der Waals surface area (Å²) in [6.07, 6.45) is 1.79. The zero-order chi connectivity index (χ0) is 18.7. The van der Waals surface area contributed by atoms with E-state index in [0.29, 0.717) is 30.2 Å². The van der Waals surface area contributed by atoms with Gasteiger partial charge >= 0.3 is 11.7 Å². The summed E-state index contributed by atoms with van der Waals surface area (Å²) in [4.78, 5) is 50.1. The number of pyridine rings is 1. The highest BCUT2D eigenvalue weighted by molar-refractivity contribution is 5.77. The van der Waals surface area contributed by atoms with Crippen LogP contribution < -0.4 is 16.8 Å². The van der Waals surface area contributed by atoms with Gasteiger partial charge in [-0.1, -0.05) is 0 Å². The number of carbonyl (C=O) groups excluding carboxylic acids is 1. The van der Waals surface area contributed by atoms with Crippen molar-refractivity contribution in [2.45, 2.75) is 52.7 Å². The first-order chi connectivity index (χ1) is 11.7. The third-order valence-corrected chi connectivity index (χ3v) is 4.14. The number of fused-ring (bicyclic) bond motifs is 1. The van der Waals surface area contributed by atoms with E-state index in [1.165, 1.54) is 29.2 Å². The number of carbonyl (C=O) groups is 1. The van der Waals surface area contributed by atoms with E-state index in [9.17, 15) is 19.2 Å². The topological polar surface area (TPSA) is 103 Å². The smallest absolute Gasteiger partial charge is 0.332 e. The maximum Gasteiger partial charge on any atom is 0.332 e. The quantitative estimate of drug-likeness (QED) is 0.614. The van der Waals surface area contributed by atoms with Gasteiger partial charge in [0.1, 0.15) is 5.65 Å². The molecule has 0 aliphatic rings. The van der Waals surface area contributed by atoms with Gasteiger partial charge in [0.05, 0.1) is 11.5 Å². The van der Waals surface area contributed by atoms with Crippen molar-refractivity contribution in [3.8, 4) is 0 Å². The Kier molecular flexibility index (Phi) is 5.61. The molecule has 0 spiro atoms. The molecule has 2 aromatic rings. The number of aromatic amines is 1. The van der Waals surface area contributed by atoms with Gasteiger partial charge in [-0.25, -0.2) is 4.79 Å². The van der Waals surface area contributed by atoms with E-state index >= 15 is 0 Å². The molecule has 0 saturated heterocycles. The van der Waals surface area contributed by atoms with Gasteiger partial charge in [0, 0.05) is 26.6 Å². The monoisotopic (exact) mass is 349 g/mol. The van der Waals surface area contributed by atoms with Gasteiger partial charge in [0.25, 0.3) is 5.56 Å². The predicted octanol–water partition coefficient (Wildman–Crippen LogP) is 0.819. The van der Waals surface area contributed by atoms with Gasteiger partial charge in [-0.05, 0) is 38.7 Å². The van der Waals surface area contributed by atoms with Gasteiger partial charge in [-0.3, -0.25) is 23.5 Å². The first-order valence-corrected chi connectivity index (χ1v) is 8.23. The summed E-state index contributed by atoms with van der Waals surface area (Å²) >= 11 is 0. The Morgan fingerprint density at radius 3 is 2.60 bits per heavy atom. The maximum absolute atomic E-state index is 12.7. The van der Waals surface area contributed by atoms with E-state index in [0.717, 1.165) is 0 Å². The lowest BCUT2D eigenvalue weighted by Crippen LogP contribution is -2.40. The number of unbranched alkanes of at least 4 members (excludes halogenated alkanes) is 1. The minimum absolute atomic E-state index is 0.194. The van der Waals surface area contributed by atoms with Crippen molar-refractivity contribution in [2.24, 2.45) is 7.05 Å². The van der Waals surface area contributed by atoms with Gasteiger partial charge in [0.2, 0.25) is 5.56 Å². The Morgan fingerprint density at radius 2 is 1.96 bits per heavy atom. The van der Waals surface area contributed by atoms with Crippen molar-refractivity contribution in [1.29, 1.82) is 0 Å². The summed E-state index contributed by atoms with van der Waals surface area (Å²) in [7, 11) is 1.53. The molecular weight excluding hydrogens is 326 g/mol. The Labute approximate surface area is 144 Å². The lowest BCUT2D eigenvalue weighted by molar-refractivity contribution is -0.145. The van der Waals surface area contributed by atoms with Gasteiger partial charge in [-0.2, -0.15) is 0 Å². The maximum atomic E-state index is 12.7. The summed E-state index contributed by atoms with van der Waals surface area (Å²) in [5.41, 5.74) is -0.445. The van der Waals surface area contributed by atoms with Crippen LogP contribution in [-0.4, -0.2) is 26.2 Å². The molecule has 8 heteroatoms. The molecule has 0 aromatic carbocycles. The van der Waals surface area contributed by atoms with Gasteiger partial charge in [-0.15, -0.1) is 0 Å². The van der Waals surface area contributed by atoms with Crippen molar-refractivity contribution < 1.29 is 9.53 Å². The van der Waals surface area contributed by atoms with Crippen molar-refractivity contribution in [2.75, 3.05) is 0 Å². The first kappa shape index (κ1) is 18.7. The van der Waals surface area contributed by atoms with Crippen LogP contribution in [0.4, 0.5) is 0 Å². The largest absolute Gasteiger partial charge is 0.463 e. The minimum atomic E-state index is -0.466. The van der Waals surface area contributed by atoms with Crippen LogP contribution in [0.1, 0.15) is 38.7 Å². The second-order valence-electron chi connectivity index (χ2n) is 6.25. The number of esters is 1. The van der Waals surface area contributed by atoms with Crippen LogP contribution in [-0.2, 0) is 23.1 Å². The van der Waals surface area contributed by atoms with E-state index in [1.807, 2.05) is 6.92 Å². The lowest BCUT2D eigenvalue weighted by Gasteiger charge is -2.13. The fourth-order valence-electron chi connectivity index (χ4n) is 2.93. The van der Waals surface area contributed by atoms with Crippen LogP contribution in [0.25, 0.3) is 11.0 Å². The minimum Gasteiger partial charge on any atom is -0.463 e. The lowest BCUT2D eigenvalue weighted by atomic mass is 10.1. The number of hydrogen-bond donors (Lipinski definition) is 1. The molecule has 0 fully saturated rings. The van der Waals surface area contributed by atoms with E-state index in [-0.39, 0.29) is 29.8 Å². The average Bonchev–Trinajstić information content (AvgIpc) is 2.50. The normalized spacial score (nSPS) is 12.3. The summed E-state index contributed by atoms with van der Waals surface area (Å²) in [6.45, 7) is 5.12. The second kappa shape index (κ2) is 7.50. The molecule has 0 saturated carbocycles. The number of aromatic nitrogens is 3. The molecule has 0 aliphatic carbocycles. The van der Waals surface area contributed by atoms with Crippen molar-refractivity contribution in [3.05, 3.63) is 42.8 Å². The van der Waals surface area contributed by atoms with E-state index < -0.39 is 11.2 Å². The third kappa shape index (κ3) is 4.07. The average molecular weight is 349 g/mol. The molecule has 0 amide bonds. The number of H-pyrrole nitrogens is 1. The summed E-state index contributed by atoms with van der Waals surface area (Å²) in [6, 6.07) is 1.35. The fourth-order valence-corrected chi connectivity index (χ4v) is 2.93. The van der Waals surface area contributed by atoms with Gasteiger partial charge in [0.15, 0.2) is 0 Å². The van der Waals surface area contributed by atoms with Crippen LogP contribution >= 0.6 is 0 Å². The third-order valence-electron chi connectivity index (χ3n) is 4.14. The molecule has 136 valence electrons. The predicted molar refractivity (Wildman–Crippen MR) is 93.9 cm³/mol. The van der Waals surface area contributed by atoms with Gasteiger partial charge < -0.3 is 9.72 Å². The molecular formula is C17H23N3O5. The number of nitrogens with one attached hydrogen (secondary N) is 1. The summed E-state index contributed by atoms with van der Waals surface area (Å²) < 4.78 is 7.52. The highest BCUT2D eigenvalue weighted by Crippen LogP contribution is 2.08. The highest BCUT2D eigenvalue weighted by atomic mass is 16.5. The fraction of sp³-hybridized carbons (Fsp3) is 0.529. The molecule has 2 heterocycles. The number of nitrogens with zero attached hydrogens (tertiary/aromatic N) is 2. The van der Waals surface area contributed by atoms with Crippen molar-refractivity contribution in [3.63, 3.8) is 0 Å². The second-order valence-corrected chi connectivity index (χ2v) is 6.25. The summed E-state index contributed by atoms with van der Waals surface area (Å²) in [5.74, 6) is -0.323. The molecule has 8 nitrogen and oxygen atoms in total. The molecule has 25 heavy (non-hydrogen) atoms. The number of hydrogen-bond acceptors (Lipinski definition) is 5. The highest BCUT2D eigenvalue weighted by Gasteiger charge is 2.14. The zero-order valence-corrected chi connectivity index (χ0v) is 14.9. The molecule has 0 radical (unpaired) electrons. The Bertz CT molecular complexity index is 967. The van der Waals surface area contributed by atoms with E-state index in [4.69, 9.17) is 4.74 Å². The van der Waals surface area contributed by atoms with Crippen LogP contribution in [0.5, 0.6) is 0 Å². The first-order valence-electron chi connectivity index (χ1n) is 8.23. The van der Waals surface area contributed by atoms with Crippen LogP contribution in [0.3, 0.4) is 0 Å². The molecule has 2 aromatic heterocycles. The molecule has 1 atom stereocenters. The molecule has 1 N–H and O–H groups in total. The zero-order valence-electron chi connectivity index (χ0n) is 14.9. The Hall–Kier alpha value is -2.64. The van der Waals surface area contributed by atoms with E-state index in [1.54, 1.807) is 6.92 Å². The number of ether oxygens (including phenoxy) is 1. The van der Waals surface area contributed by atoms with Crippen LogP contribution in [0.2, 0.25) is 0 Å². The van der Waals surface area contributed by atoms with Crippen LogP contribution in [0.15, 0.2) is 20.4 Å². The van der Waals surface area contributed by atoms with Crippen molar-refractivity contribution in [1.82, 2.24) is 14.1 Å². The Morgan fingerprint density at radius 1 is 1.28 bits per heavy atom. The number of rotatable bonds is 6. The standard InChI is InChI=1S/C17H23N3O5/c1-10-9-13(22)18-15-14(10)16(23)20(17(24)19(15)4)8-6-5-7-11(2)25-12(3)21/h9,11H,5-8H2,1-4H3,(H,18,22)/t11-/m1/s1. The molecule has 0 aliphatic heterocycles. The molecule has 0 bridgehead atoms. The SMILES string of the molecule is CC(=O)O[C@H](C)CCCCn1c(=O)c2c(C)cc(=O)[nH]c2n(C)c1=O. The van der Waals surface area contributed by atoms with E-state index in [2.05, 4.69) is 4.98 Å². The van der Waals surface area contributed by atoms with Crippen LogP contribution in [0, 0.1) is 6.92 Å². The molecule has 0 unspecified atom stereocenters. The number of aryl methyl sites for hydroxylation is 2. The molecule has 2 rings (SSSR count). The van der Waals surface area contributed by atoms with Crippen molar-refractivity contribution >= 4 is 17.0 Å². The Balaban J connectivity index is 2.25. The summed E-state index contributed by atoms with van der Waals surface area (Å²) in [5, 5.41) is 0.343.